The normalized spacial score (nSPS) is 19.7. The molecule has 1 aromatic rings. The molecule has 0 heterocycles. The second-order valence-corrected chi connectivity index (χ2v) is 8.18. The maximum Gasteiger partial charge on any atom is 0.242 e. The molecule has 1 fully saturated rings. The molecule has 0 saturated heterocycles. The monoisotopic (exact) mass is 306 g/mol. The van der Waals surface area contributed by atoms with Crippen LogP contribution in [0.25, 0.3) is 0 Å². The molecule has 4 nitrogen and oxygen atoms in total. The van der Waals surface area contributed by atoms with Gasteiger partial charge in [-0.25, -0.2) is 13.1 Å². The van der Waals surface area contributed by atoms with E-state index in [0.717, 1.165) is 0 Å². The van der Waals surface area contributed by atoms with Crippen molar-refractivity contribution in [2.24, 2.45) is 16.6 Å². The smallest absolute Gasteiger partial charge is 0.242 e. The Hall–Kier alpha value is -1.35. The maximum absolute atomic E-state index is 12.6. The van der Waals surface area contributed by atoms with Crippen molar-refractivity contribution in [1.82, 2.24) is 4.72 Å². The van der Waals surface area contributed by atoms with Crippen LogP contribution >= 0.6 is 0 Å². The SMILES string of the molecule is CC1(C)C(NS(=O)(=O)c2ccccc2C#CCN)C1(C)C. The summed E-state index contributed by atoms with van der Waals surface area (Å²) < 4.78 is 28.1. The first-order chi connectivity index (χ1) is 9.64. The highest BCUT2D eigenvalue weighted by Crippen LogP contribution is 2.62. The van der Waals surface area contributed by atoms with Crippen LogP contribution in [0.5, 0.6) is 0 Å². The molecular formula is C16H22N2O2S. The minimum atomic E-state index is -3.59. The average molecular weight is 306 g/mol. The summed E-state index contributed by atoms with van der Waals surface area (Å²) in [6, 6.07) is 6.66. The molecule has 0 spiro atoms. The van der Waals surface area contributed by atoms with Gasteiger partial charge in [0.2, 0.25) is 10.0 Å². The van der Waals surface area contributed by atoms with E-state index in [2.05, 4.69) is 44.3 Å². The maximum atomic E-state index is 12.6. The molecule has 21 heavy (non-hydrogen) atoms. The second-order valence-electron chi connectivity index (χ2n) is 6.50. The van der Waals surface area contributed by atoms with E-state index in [0.29, 0.717) is 5.56 Å². The Morgan fingerprint density at radius 2 is 1.76 bits per heavy atom. The Balaban J connectivity index is 2.34. The number of sulfonamides is 1. The third kappa shape index (κ3) is 2.71. The van der Waals surface area contributed by atoms with Gasteiger partial charge >= 0.3 is 0 Å². The summed E-state index contributed by atoms with van der Waals surface area (Å²) in [5, 5.41) is 0. The molecule has 1 aliphatic rings. The zero-order valence-corrected chi connectivity index (χ0v) is 13.7. The fourth-order valence-corrected chi connectivity index (χ4v) is 4.35. The van der Waals surface area contributed by atoms with Crippen molar-refractivity contribution in [2.75, 3.05) is 6.54 Å². The topological polar surface area (TPSA) is 72.2 Å². The highest BCUT2D eigenvalue weighted by Gasteiger charge is 2.66. The zero-order chi connectivity index (χ0) is 15.9. The minimum Gasteiger partial charge on any atom is -0.320 e. The molecule has 1 saturated carbocycles. The van der Waals surface area contributed by atoms with Crippen LogP contribution in [0.1, 0.15) is 33.3 Å². The van der Waals surface area contributed by atoms with Crippen molar-refractivity contribution in [3.63, 3.8) is 0 Å². The van der Waals surface area contributed by atoms with Gasteiger partial charge in [0, 0.05) is 11.6 Å². The molecule has 1 aliphatic carbocycles. The molecule has 1 aromatic carbocycles. The van der Waals surface area contributed by atoms with E-state index < -0.39 is 10.0 Å². The lowest BCUT2D eigenvalue weighted by molar-refractivity contribution is 0.457. The highest BCUT2D eigenvalue weighted by atomic mass is 32.2. The van der Waals surface area contributed by atoms with E-state index in [1.165, 1.54) is 0 Å². The number of hydrogen-bond donors (Lipinski definition) is 2. The number of nitrogens with one attached hydrogen (secondary N) is 1. The summed E-state index contributed by atoms with van der Waals surface area (Å²) in [5.41, 5.74) is 5.72. The molecule has 5 heteroatoms. The Bertz CT molecular complexity index is 695. The predicted octanol–water partition coefficient (Wildman–Crippen LogP) is 1.71. The second kappa shape index (κ2) is 5.13. The Morgan fingerprint density at radius 3 is 2.29 bits per heavy atom. The molecule has 2 rings (SSSR count). The van der Waals surface area contributed by atoms with Gasteiger partial charge in [0.05, 0.1) is 11.4 Å². The van der Waals surface area contributed by atoms with Gasteiger partial charge in [0.15, 0.2) is 0 Å². The van der Waals surface area contributed by atoms with Crippen molar-refractivity contribution >= 4 is 10.0 Å². The standard InChI is InChI=1S/C16H22N2O2S/c1-15(2)14(16(15,3)4)18-21(19,20)13-10-6-5-8-12(13)9-7-11-17/h5-6,8,10,14,18H,11,17H2,1-4H3. The zero-order valence-electron chi connectivity index (χ0n) is 12.9. The molecule has 0 bridgehead atoms. The van der Waals surface area contributed by atoms with Gasteiger partial charge in [-0.3, -0.25) is 0 Å². The van der Waals surface area contributed by atoms with Crippen LogP contribution in [-0.2, 0) is 10.0 Å². The molecule has 114 valence electrons. The first kappa shape index (κ1) is 16.0. The van der Waals surface area contributed by atoms with Crippen LogP contribution in [-0.4, -0.2) is 21.0 Å². The summed E-state index contributed by atoms with van der Waals surface area (Å²) >= 11 is 0. The van der Waals surface area contributed by atoms with Crippen molar-refractivity contribution in [2.45, 2.75) is 38.6 Å². The fraction of sp³-hybridized carbons (Fsp3) is 0.500. The van der Waals surface area contributed by atoms with Gasteiger partial charge in [0.25, 0.3) is 0 Å². The quantitative estimate of drug-likeness (QED) is 0.835. The summed E-state index contributed by atoms with van der Waals surface area (Å²) in [6.07, 6.45) is 0. The average Bonchev–Trinajstić information content (AvgIpc) is 2.78. The first-order valence-corrected chi connectivity index (χ1v) is 8.43. The molecule has 0 atom stereocenters. The number of benzene rings is 1. The van der Waals surface area contributed by atoms with Gasteiger partial charge < -0.3 is 5.73 Å². The van der Waals surface area contributed by atoms with E-state index in [1.54, 1.807) is 24.3 Å². The van der Waals surface area contributed by atoms with Crippen molar-refractivity contribution < 1.29 is 8.42 Å². The molecule has 0 radical (unpaired) electrons. The third-order valence-electron chi connectivity index (χ3n) is 4.80. The summed E-state index contributed by atoms with van der Waals surface area (Å²) in [5.74, 6) is 5.52. The van der Waals surface area contributed by atoms with Crippen molar-refractivity contribution in [1.29, 1.82) is 0 Å². The van der Waals surface area contributed by atoms with Gasteiger partial charge in [-0.1, -0.05) is 51.7 Å². The lowest BCUT2D eigenvalue weighted by Gasteiger charge is -2.10. The van der Waals surface area contributed by atoms with Crippen LogP contribution in [0.3, 0.4) is 0 Å². The van der Waals surface area contributed by atoms with Crippen LogP contribution in [0.4, 0.5) is 0 Å². The van der Waals surface area contributed by atoms with Crippen molar-refractivity contribution in [3.05, 3.63) is 29.8 Å². The van der Waals surface area contributed by atoms with Crippen LogP contribution in [0.15, 0.2) is 29.2 Å². The lowest BCUT2D eigenvalue weighted by Crippen LogP contribution is -2.30. The number of rotatable bonds is 3. The summed E-state index contributed by atoms with van der Waals surface area (Å²) in [4.78, 5) is 0.212. The minimum absolute atomic E-state index is 0.0576. The number of nitrogens with two attached hydrogens (primary N) is 1. The molecule has 0 aliphatic heterocycles. The van der Waals surface area contributed by atoms with E-state index in [4.69, 9.17) is 5.73 Å². The Labute approximate surface area is 127 Å². The van der Waals surface area contributed by atoms with E-state index in [1.807, 2.05) is 0 Å². The Kier molecular flexibility index (Phi) is 3.92. The Morgan fingerprint density at radius 1 is 1.19 bits per heavy atom. The van der Waals surface area contributed by atoms with E-state index in [9.17, 15) is 8.42 Å². The lowest BCUT2D eigenvalue weighted by atomic mass is 10.0. The predicted molar refractivity (Wildman–Crippen MR) is 84.0 cm³/mol. The largest absolute Gasteiger partial charge is 0.320 e. The van der Waals surface area contributed by atoms with Crippen LogP contribution in [0.2, 0.25) is 0 Å². The fourth-order valence-electron chi connectivity index (χ4n) is 2.66. The van der Waals surface area contributed by atoms with Gasteiger partial charge in [-0.2, -0.15) is 0 Å². The van der Waals surface area contributed by atoms with E-state index in [-0.39, 0.29) is 28.3 Å². The first-order valence-electron chi connectivity index (χ1n) is 6.95. The van der Waals surface area contributed by atoms with Gasteiger partial charge in [-0.05, 0) is 23.0 Å². The third-order valence-corrected chi connectivity index (χ3v) is 6.28. The van der Waals surface area contributed by atoms with Gasteiger partial charge in [0.1, 0.15) is 0 Å². The van der Waals surface area contributed by atoms with Gasteiger partial charge in [-0.15, -0.1) is 0 Å². The summed E-state index contributed by atoms with van der Waals surface area (Å²) in [6.45, 7) is 8.48. The molecule has 0 aromatic heterocycles. The summed E-state index contributed by atoms with van der Waals surface area (Å²) in [7, 11) is -3.59. The van der Waals surface area contributed by atoms with Crippen LogP contribution < -0.4 is 10.5 Å². The molecule has 3 N–H and O–H groups in total. The van der Waals surface area contributed by atoms with E-state index >= 15 is 0 Å². The molecular weight excluding hydrogens is 284 g/mol. The highest BCUT2D eigenvalue weighted by molar-refractivity contribution is 7.89. The molecule has 0 amide bonds. The number of hydrogen-bond acceptors (Lipinski definition) is 3. The molecule has 0 unspecified atom stereocenters. The van der Waals surface area contributed by atoms with Crippen molar-refractivity contribution in [3.8, 4) is 11.8 Å². The van der Waals surface area contributed by atoms with Crippen LogP contribution in [0, 0.1) is 22.7 Å².